The third-order valence-corrected chi connectivity index (χ3v) is 4.07. The minimum atomic E-state index is 0.939. The Morgan fingerprint density at radius 3 is 2.78 bits per heavy atom. The number of aromatic nitrogens is 1. The van der Waals surface area contributed by atoms with Crippen molar-refractivity contribution in [1.29, 1.82) is 0 Å². The van der Waals surface area contributed by atoms with Crippen LogP contribution in [-0.4, -0.2) is 36.1 Å². The first-order valence-corrected chi connectivity index (χ1v) is 7.32. The molecule has 0 saturated carbocycles. The molecule has 1 aromatic heterocycles. The lowest BCUT2D eigenvalue weighted by atomic mass is 9.94. The minimum absolute atomic E-state index is 0.939. The Bertz CT molecular complexity index is 337. The lowest BCUT2D eigenvalue weighted by Gasteiger charge is -2.28. The maximum atomic E-state index is 3.57. The topological polar surface area (TPSA) is 20.2 Å². The van der Waals surface area contributed by atoms with Gasteiger partial charge in [0.2, 0.25) is 0 Å². The van der Waals surface area contributed by atoms with Crippen LogP contribution in [0.2, 0.25) is 0 Å². The SMILES string of the molecule is CCn1ccc(CNCCC2CCN(C)CC2)c1. The quantitative estimate of drug-likeness (QED) is 0.781. The van der Waals surface area contributed by atoms with Crippen LogP contribution in [0, 0.1) is 5.92 Å². The average Bonchev–Trinajstić information content (AvgIpc) is 2.85. The molecule has 1 aromatic rings. The molecule has 2 heterocycles. The molecule has 3 nitrogen and oxygen atoms in total. The molecule has 0 unspecified atom stereocenters. The molecule has 1 N–H and O–H groups in total. The van der Waals surface area contributed by atoms with Gasteiger partial charge in [-0.1, -0.05) is 0 Å². The second kappa shape index (κ2) is 6.95. The van der Waals surface area contributed by atoms with E-state index >= 15 is 0 Å². The number of likely N-dealkylation sites (tertiary alicyclic amines) is 1. The van der Waals surface area contributed by atoms with Crippen LogP contribution >= 0.6 is 0 Å². The molecule has 0 bridgehead atoms. The highest BCUT2D eigenvalue weighted by Gasteiger charge is 2.15. The zero-order valence-electron chi connectivity index (χ0n) is 11.9. The molecule has 0 radical (unpaired) electrons. The predicted octanol–water partition coefficient (Wildman–Crippen LogP) is 2.33. The van der Waals surface area contributed by atoms with Crippen LogP contribution in [0.4, 0.5) is 0 Å². The molecular formula is C15H27N3. The minimum Gasteiger partial charge on any atom is -0.354 e. The third-order valence-electron chi connectivity index (χ3n) is 4.07. The smallest absolute Gasteiger partial charge is 0.0220 e. The Morgan fingerprint density at radius 1 is 1.33 bits per heavy atom. The van der Waals surface area contributed by atoms with Crippen molar-refractivity contribution in [1.82, 2.24) is 14.8 Å². The standard InChI is InChI=1S/C15H27N3/c1-3-18-11-7-15(13-18)12-16-8-4-14-5-9-17(2)10-6-14/h7,11,13-14,16H,3-6,8-10,12H2,1-2H3. The van der Waals surface area contributed by atoms with Crippen LogP contribution in [0.3, 0.4) is 0 Å². The van der Waals surface area contributed by atoms with E-state index in [9.17, 15) is 0 Å². The largest absolute Gasteiger partial charge is 0.354 e. The van der Waals surface area contributed by atoms with E-state index in [0.717, 1.165) is 25.6 Å². The fraction of sp³-hybridized carbons (Fsp3) is 0.733. The van der Waals surface area contributed by atoms with Gasteiger partial charge >= 0.3 is 0 Å². The lowest BCUT2D eigenvalue weighted by Crippen LogP contribution is -2.31. The summed E-state index contributed by atoms with van der Waals surface area (Å²) in [5, 5.41) is 3.57. The van der Waals surface area contributed by atoms with Gasteiger partial charge < -0.3 is 14.8 Å². The van der Waals surface area contributed by atoms with E-state index in [1.54, 1.807) is 0 Å². The Morgan fingerprint density at radius 2 is 2.11 bits per heavy atom. The van der Waals surface area contributed by atoms with Crippen molar-refractivity contribution >= 4 is 0 Å². The molecule has 3 heteroatoms. The first-order valence-electron chi connectivity index (χ1n) is 7.32. The first kappa shape index (κ1) is 13.6. The van der Waals surface area contributed by atoms with Gasteiger partial charge in [0.25, 0.3) is 0 Å². The van der Waals surface area contributed by atoms with Gasteiger partial charge in [0, 0.05) is 25.5 Å². The van der Waals surface area contributed by atoms with Crippen molar-refractivity contribution in [2.75, 3.05) is 26.7 Å². The summed E-state index contributed by atoms with van der Waals surface area (Å²) in [4.78, 5) is 2.44. The van der Waals surface area contributed by atoms with E-state index in [1.165, 1.54) is 37.9 Å². The van der Waals surface area contributed by atoms with Crippen molar-refractivity contribution in [3.8, 4) is 0 Å². The molecular weight excluding hydrogens is 222 g/mol. The van der Waals surface area contributed by atoms with E-state index < -0.39 is 0 Å². The van der Waals surface area contributed by atoms with Crippen molar-refractivity contribution in [2.24, 2.45) is 5.92 Å². The maximum Gasteiger partial charge on any atom is 0.0220 e. The maximum absolute atomic E-state index is 3.57. The van der Waals surface area contributed by atoms with Gasteiger partial charge in [-0.15, -0.1) is 0 Å². The molecule has 1 aliphatic rings. The van der Waals surface area contributed by atoms with Gasteiger partial charge in [-0.05, 0) is 70.4 Å². The second-order valence-corrected chi connectivity index (χ2v) is 5.56. The fourth-order valence-electron chi connectivity index (χ4n) is 2.68. The van der Waals surface area contributed by atoms with Gasteiger partial charge in [0.1, 0.15) is 0 Å². The Labute approximate surface area is 111 Å². The number of hydrogen-bond donors (Lipinski definition) is 1. The molecule has 0 amide bonds. The van der Waals surface area contributed by atoms with Crippen LogP contribution < -0.4 is 5.32 Å². The number of hydrogen-bond acceptors (Lipinski definition) is 2. The van der Waals surface area contributed by atoms with Crippen molar-refractivity contribution in [2.45, 2.75) is 39.3 Å². The van der Waals surface area contributed by atoms with Gasteiger partial charge in [0.15, 0.2) is 0 Å². The highest BCUT2D eigenvalue weighted by molar-refractivity contribution is 5.09. The monoisotopic (exact) mass is 249 g/mol. The second-order valence-electron chi connectivity index (χ2n) is 5.56. The van der Waals surface area contributed by atoms with Gasteiger partial charge in [-0.25, -0.2) is 0 Å². The normalized spacial score (nSPS) is 18.3. The summed E-state index contributed by atoms with van der Waals surface area (Å²) in [5.41, 5.74) is 1.40. The molecule has 102 valence electrons. The molecule has 1 fully saturated rings. The van der Waals surface area contributed by atoms with Crippen molar-refractivity contribution in [3.05, 3.63) is 24.0 Å². The Balaban J connectivity index is 1.58. The highest BCUT2D eigenvalue weighted by Crippen LogP contribution is 2.18. The molecule has 0 spiro atoms. The van der Waals surface area contributed by atoms with Crippen LogP contribution in [0.25, 0.3) is 0 Å². The van der Waals surface area contributed by atoms with E-state index in [-0.39, 0.29) is 0 Å². The van der Waals surface area contributed by atoms with Gasteiger partial charge in [-0.2, -0.15) is 0 Å². The van der Waals surface area contributed by atoms with E-state index in [2.05, 4.69) is 47.2 Å². The number of nitrogens with one attached hydrogen (secondary N) is 1. The van der Waals surface area contributed by atoms with E-state index in [1.807, 2.05) is 0 Å². The summed E-state index contributed by atoms with van der Waals surface area (Å²) >= 11 is 0. The van der Waals surface area contributed by atoms with Crippen LogP contribution in [0.15, 0.2) is 18.5 Å². The van der Waals surface area contributed by atoms with Gasteiger partial charge in [-0.3, -0.25) is 0 Å². The third kappa shape index (κ3) is 4.14. The summed E-state index contributed by atoms with van der Waals surface area (Å²) in [6, 6.07) is 2.21. The van der Waals surface area contributed by atoms with Crippen LogP contribution in [-0.2, 0) is 13.1 Å². The number of piperidine rings is 1. The molecule has 0 atom stereocenters. The molecule has 18 heavy (non-hydrogen) atoms. The number of rotatable bonds is 6. The molecule has 0 aromatic carbocycles. The first-order chi connectivity index (χ1) is 8.78. The Kier molecular flexibility index (Phi) is 5.26. The number of nitrogens with zero attached hydrogens (tertiary/aromatic N) is 2. The number of aryl methyl sites for hydroxylation is 1. The zero-order chi connectivity index (χ0) is 12.8. The molecule has 0 aliphatic carbocycles. The Hall–Kier alpha value is -0.800. The molecule has 2 rings (SSSR count). The molecule has 1 aliphatic heterocycles. The van der Waals surface area contributed by atoms with E-state index in [4.69, 9.17) is 0 Å². The summed E-state index contributed by atoms with van der Waals surface area (Å²) in [7, 11) is 2.23. The zero-order valence-corrected chi connectivity index (χ0v) is 11.9. The summed E-state index contributed by atoms with van der Waals surface area (Å²) < 4.78 is 2.23. The van der Waals surface area contributed by atoms with Crippen LogP contribution in [0.5, 0.6) is 0 Å². The van der Waals surface area contributed by atoms with E-state index in [0.29, 0.717) is 0 Å². The van der Waals surface area contributed by atoms with Crippen molar-refractivity contribution < 1.29 is 0 Å². The predicted molar refractivity (Wildman–Crippen MR) is 76.7 cm³/mol. The molecule has 1 saturated heterocycles. The highest BCUT2D eigenvalue weighted by atomic mass is 15.1. The lowest BCUT2D eigenvalue weighted by molar-refractivity contribution is 0.211. The van der Waals surface area contributed by atoms with Gasteiger partial charge in [0.05, 0.1) is 0 Å². The fourth-order valence-corrected chi connectivity index (χ4v) is 2.68. The summed E-state index contributed by atoms with van der Waals surface area (Å²) in [5.74, 6) is 0.939. The summed E-state index contributed by atoms with van der Waals surface area (Å²) in [6.45, 7) is 7.98. The average molecular weight is 249 g/mol. The van der Waals surface area contributed by atoms with Crippen LogP contribution in [0.1, 0.15) is 31.7 Å². The van der Waals surface area contributed by atoms with Crippen molar-refractivity contribution in [3.63, 3.8) is 0 Å². The summed E-state index contributed by atoms with van der Waals surface area (Å²) in [6.07, 6.45) is 8.49.